The van der Waals surface area contributed by atoms with E-state index in [1.165, 1.54) is 12.0 Å². The summed E-state index contributed by atoms with van der Waals surface area (Å²) in [6, 6.07) is 13.0. The number of amides is 4. The van der Waals surface area contributed by atoms with Gasteiger partial charge in [0.15, 0.2) is 0 Å². The molecule has 1 atom stereocenters. The molecule has 4 amide bonds. The first-order chi connectivity index (χ1) is 12.9. The Balaban J connectivity index is 1.72. The minimum atomic E-state index is -0.662. The van der Waals surface area contributed by atoms with Gasteiger partial charge in [-0.3, -0.25) is 19.4 Å². The van der Waals surface area contributed by atoms with Crippen LogP contribution in [0, 0.1) is 6.92 Å². The van der Waals surface area contributed by atoms with Crippen LogP contribution in [0.15, 0.2) is 48.5 Å². The number of carbonyl (C=O) groups is 3. The third-order valence-corrected chi connectivity index (χ3v) is 4.42. The largest absolute Gasteiger partial charge is 0.497 e. The van der Waals surface area contributed by atoms with Gasteiger partial charge in [0.2, 0.25) is 5.91 Å². The normalized spacial score (nSPS) is 16.6. The Morgan fingerprint density at radius 3 is 2.52 bits per heavy atom. The Morgan fingerprint density at radius 1 is 1.15 bits per heavy atom. The zero-order valence-electron chi connectivity index (χ0n) is 15.4. The van der Waals surface area contributed by atoms with Gasteiger partial charge in [0.05, 0.1) is 7.11 Å². The highest BCUT2D eigenvalue weighted by molar-refractivity contribution is 6.16. The van der Waals surface area contributed by atoms with Crippen molar-refractivity contribution < 1.29 is 19.1 Å². The maximum absolute atomic E-state index is 12.7. The maximum Gasteiger partial charge on any atom is 0.332 e. The lowest BCUT2D eigenvalue weighted by Crippen LogP contribution is -2.39. The number of carbonyl (C=O) groups excluding carboxylic acids is 3. The number of benzene rings is 2. The van der Waals surface area contributed by atoms with E-state index >= 15 is 0 Å². The molecule has 1 fully saturated rings. The van der Waals surface area contributed by atoms with Crippen LogP contribution in [0.1, 0.15) is 12.5 Å². The van der Waals surface area contributed by atoms with Crippen LogP contribution in [0.5, 0.6) is 5.75 Å². The van der Waals surface area contributed by atoms with Crippen molar-refractivity contribution in [1.82, 2.24) is 4.90 Å². The van der Waals surface area contributed by atoms with Gasteiger partial charge in [0.25, 0.3) is 5.91 Å². The molecule has 1 heterocycles. The summed E-state index contributed by atoms with van der Waals surface area (Å²) in [5.41, 5.74) is 2.21. The fourth-order valence-corrected chi connectivity index (χ4v) is 2.96. The number of ether oxygens (including phenoxy) is 1. The highest BCUT2D eigenvalue weighted by Crippen LogP contribution is 2.26. The molecule has 1 N–H and O–H groups in total. The molecule has 0 spiro atoms. The molecule has 0 radical (unpaired) electrons. The maximum atomic E-state index is 12.7. The minimum Gasteiger partial charge on any atom is -0.497 e. The summed E-state index contributed by atoms with van der Waals surface area (Å²) in [4.78, 5) is 40.0. The van der Waals surface area contributed by atoms with Crippen molar-refractivity contribution in [2.24, 2.45) is 0 Å². The van der Waals surface area contributed by atoms with Gasteiger partial charge < -0.3 is 10.1 Å². The van der Waals surface area contributed by atoms with E-state index in [4.69, 9.17) is 4.74 Å². The van der Waals surface area contributed by atoms with E-state index in [1.54, 1.807) is 43.3 Å². The lowest BCUT2D eigenvalue weighted by Gasteiger charge is -2.19. The Hall–Kier alpha value is -3.35. The van der Waals surface area contributed by atoms with Crippen LogP contribution < -0.4 is 15.0 Å². The quantitative estimate of drug-likeness (QED) is 0.824. The van der Waals surface area contributed by atoms with Gasteiger partial charge in [-0.1, -0.05) is 23.8 Å². The average Bonchev–Trinajstić information content (AvgIpc) is 2.86. The third-order valence-electron chi connectivity index (χ3n) is 4.42. The molecule has 0 saturated carbocycles. The monoisotopic (exact) mass is 367 g/mol. The van der Waals surface area contributed by atoms with Crippen LogP contribution in [0.3, 0.4) is 0 Å². The number of nitrogens with zero attached hydrogens (tertiary/aromatic N) is 2. The van der Waals surface area contributed by atoms with E-state index in [9.17, 15) is 14.4 Å². The second-order valence-electron chi connectivity index (χ2n) is 6.37. The summed E-state index contributed by atoms with van der Waals surface area (Å²) in [6.45, 7) is 3.25. The number of methoxy groups -OCH3 is 1. The zero-order valence-corrected chi connectivity index (χ0v) is 15.4. The van der Waals surface area contributed by atoms with Crippen molar-refractivity contribution in [3.8, 4) is 5.75 Å². The Morgan fingerprint density at radius 2 is 1.85 bits per heavy atom. The summed E-state index contributed by atoms with van der Waals surface area (Å²) in [7, 11) is 1.53. The van der Waals surface area contributed by atoms with Crippen LogP contribution in [-0.2, 0) is 9.59 Å². The Labute approximate surface area is 157 Å². The summed E-state index contributed by atoms with van der Waals surface area (Å²) in [5.74, 6) is -0.260. The van der Waals surface area contributed by atoms with Gasteiger partial charge in [-0.2, -0.15) is 0 Å². The van der Waals surface area contributed by atoms with E-state index < -0.39 is 23.9 Å². The summed E-state index contributed by atoms with van der Waals surface area (Å²) < 4.78 is 5.11. The Bertz CT molecular complexity index is 879. The number of rotatable bonds is 5. The van der Waals surface area contributed by atoms with Gasteiger partial charge in [-0.15, -0.1) is 0 Å². The highest BCUT2D eigenvalue weighted by Gasteiger charge is 2.44. The molecular formula is C20H21N3O4. The molecule has 0 aliphatic carbocycles. The number of hydrogen-bond acceptors (Lipinski definition) is 4. The second-order valence-corrected chi connectivity index (χ2v) is 6.37. The van der Waals surface area contributed by atoms with Crippen LogP contribution in [0.4, 0.5) is 16.2 Å². The number of aryl methyl sites for hydroxylation is 1. The summed E-state index contributed by atoms with van der Waals surface area (Å²) in [5, 5.41) is 2.68. The van der Waals surface area contributed by atoms with Crippen LogP contribution in [0.2, 0.25) is 0 Å². The highest BCUT2D eigenvalue weighted by atomic mass is 16.5. The van der Waals surface area contributed by atoms with E-state index in [0.29, 0.717) is 17.1 Å². The molecule has 7 nitrogen and oxygen atoms in total. The van der Waals surface area contributed by atoms with Crippen molar-refractivity contribution in [1.29, 1.82) is 0 Å². The van der Waals surface area contributed by atoms with E-state index in [1.807, 2.05) is 19.1 Å². The van der Waals surface area contributed by atoms with E-state index in [-0.39, 0.29) is 6.54 Å². The van der Waals surface area contributed by atoms with E-state index in [2.05, 4.69) is 5.32 Å². The second kappa shape index (κ2) is 7.49. The minimum absolute atomic E-state index is 0.346. The fourth-order valence-electron chi connectivity index (χ4n) is 2.96. The lowest BCUT2D eigenvalue weighted by atomic mass is 10.2. The van der Waals surface area contributed by atoms with Crippen molar-refractivity contribution in [3.05, 3.63) is 54.1 Å². The molecular weight excluding hydrogens is 346 g/mol. The molecule has 1 saturated heterocycles. The molecule has 0 aromatic heterocycles. The Kier molecular flexibility index (Phi) is 5.12. The number of urea groups is 1. The first-order valence-electron chi connectivity index (χ1n) is 8.56. The molecule has 27 heavy (non-hydrogen) atoms. The fraction of sp³-hybridized carbons (Fsp3) is 0.250. The predicted octanol–water partition coefficient (Wildman–Crippen LogP) is 2.80. The van der Waals surface area contributed by atoms with Gasteiger partial charge in [-0.25, -0.2) is 4.79 Å². The molecule has 2 aromatic carbocycles. The topological polar surface area (TPSA) is 79.0 Å². The standard InChI is InChI=1S/C20H21N3O4/c1-13-7-9-16(10-8-13)23-14(2)19(25)22(20(23)26)12-18(24)21-15-5-4-6-17(11-15)27-3/h4-11,14H,12H2,1-3H3,(H,21,24). The molecule has 1 aliphatic heterocycles. The summed E-state index contributed by atoms with van der Waals surface area (Å²) in [6.07, 6.45) is 0. The average molecular weight is 367 g/mol. The molecule has 3 rings (SSSR count). The van der Waals surface area contributed by atoms with Crippen molar-refractivity contribution in [3.63, 3.8) is 0 Å². The molecule has 7 heteroatoms. The lowest BCUT2D eigenvalue weighted by molar-refractivity contribution is -0.130. The molecule has 0 bridgehead atoms. The number of anilines is 2. The SMILES string of the molecule is COc1cccc(NC(=O)CN2C(=O)C(C)N(c3ccc(C)cc3)C2=O)c1. The van der Waals surface area contributed by atoms with Crippen LogP contribution >= 0.6 is 0 Å². The third kappa shape index (κ3) is 3.76. The predicted molar refractivity (Wildman–Crippen MR) is 102 cm³/mol. The van der Waals surface area contributed by atoms with Crippen molar-refractivity contribution >= 4 is 29.2 Å². The first kappa shape index (κ1) is 18.4. The summed E-state index contributed by atoms with van der Waals surface area (Å²) >= 11 is 0. The van der Waals surface area contributed by atoms with E-state index in [0.717, 1.165) is 10.5 Å². The van der Waals surface area contributed by atoms with Crippen molar-refractivity contribution in [2.45, 2.75) is 19.9 Å². The number of hydrogen-bond donors (Lipinski definition) is 1. The van der Waals surface area contributed by atoms with Gasteiger partial charge in [-0.05, 0) is 38.1 Å². The van der Waals surface area contributed by atoms with Crippen molar-refractivity contribution in [2.75, 3.05) is 23.9 Å². The van der Waals surface area contributed by atoms with Crippen LogP contribution in [0.25, 0.3) is 0 Å². The molecule has 140 valence electrons. The molecule has 2 aromatic rings. The number of imide groups is 1. The molecule has 1 aliphatic rings. The number of nitrogens with one attached hydrogen (secondary N) is 1. The van der Waals surface area contributed by atoms with Crippen LogP contribution in [-0.4, -0.2) is 42.4 Å². The van der Waals surface area contributed by atoms with Gasteiger partial charge in [0.1, 0.15) is 18.3 Å². The zero-order chi connectivity index (χ0) is 19.6. The van der Waals surface area contributed by atoms with Gasteiger partial charge in [0, 0.05) is 17.4 Å². The smallest absolute Gasteiger partial charge is 0.332 e. The van der Waals surface area contributed by atoms with Gasteiger partial charge >= 0.3 is 6.03 Å². The first-order valence-corrected chi connectivity index (χ1v) is 8.56. The molecule has 1 unspecified atom stereocenters.